The van der Waals surface area contributed by atoms with Crippen LogP contribution in [-0.2, 0) is 4.84 Å². The van der Waals surface area contributed by atoms with Gasteiger partial charge in [0.05, 0.1) is 0 Å². The molecule has 140 valence electrons. The molecule has 0 unspecified atom stereocenters. The van der Waals surface area contributed by atoms with Crippen molar-refractivity contribution in [2.75, 3.05) is 5.32 Å². The molecule has 0 saturated carbocycles. The van der Waals surface area contributed by atoms with Crippen molar-refractivity contribution in [1.82, 2.24) is 10.3 Å². The van der Waals surface area contributed by atoms with E-state index in [9.17, 15) is 31.1 Å². The van der Waals surface area contributed by atoms with E-state index in [1.54, 1.807) is 5.32 Å². The first-order valence-corrected chi connectivity index (χ1v) is 6.71. The summed E-state index contributed by atoms with van der Waals surface area (Å²) in [5.41, 5.74) is -4.74. The molecule has 0 aromatic carbocycles. The van der Waals surface area contributed by atoms with Crippen molar-refractivity contribution < 1.29 is 36.0 Å². The summed E-state index contributed by atoms with van der Waals surface area (Å²) in [6.45, 7) is 2.38. The number of urea groups is 1. The van der Waals surface area contributed by atoms with Gasteiger partial charge in [-0.2, -0.15) is 26.3 Å². The summed E-state index contributed by atoms with van der Waals surface area (Å²) in [6.07, 6.45) is -12.2. The summed E-state index contributed by atoms with van der Waals surface area (Å²) in [4.78, 5) is 18.9. The second-order valence-electron chi connectivity index (χ2n) is 4.60. The number of hydrogen-bond acceptors (Lipinski definition) is 4. The molecule has 2 N–H and O–H groups in total. The molecule has 1 aromatic rings. The van der Waals surface area contributed by atoms with Gasteiger partial charge in [-0.1, -0.05) is 22.8 Å². The SMILES string of the molecule is CC(Cl)=NOC(NC(=O)Nc1cccc(C)n1)(C(F)(F)F)C(F)(F)F. The lowest BCUT2D eigenvalue weighted by Gasteiger charge is -2.34. The summed E-state index contributed by atoms with van der Waals surface area (Å²) in [5.74, 6) is -0.271. The molecule has 1 heterocycles. The summed E-state index contributed by atoms with van der Waals surface area (Å²) in [7, 11) is 0. The number of oxime groups is 1. The molecule has 0 spiro atoms. The molecule has 0 aliphatic heterocycles. The average molecular weight is 393 g/mol. The summed E-state index contributed by atoms with van der Waals surface area (Å²) in [6, 6.07) is 2.18. The van der Waals surface area contributed by atoms with E-state index in [0.29, 0.717) is 11.0 Å². The zero-order valence-electron chi connectivity index (χ0n) is 12.6. The molecule has 1 rings (SSSR count). The molecular weight excluding hydrogens is 382 g/mol. The maximum absolute atomic E-state index is 13.1. The third kappa shape index (κ3) is 5.11. The summed E-state index contributed by atoms with van der Waals surface area (Å²) < 4.78 is 78.4. The normalized spacial score (nSPS) is 13.4. The van der Waals surface area contributed by atoms with Crippen molar-refractivity contribution in [2.24, 2.45) is 5.16 Å². The van der Waals surface area contributed by atoms with Crippen LogP contribution in [0.25, 0.3) is 0 Å². The van der Waals surface area contributed by atoms with Crippen LogP contribution < -0.4 is 10.6 Å². The van der Waals surface area contributed by atoms with Gasteiger partial charge in [-0.05, 0) is 26.0 Å². The molecule has 6 nitrogen and oxygen atoms in total. The number of nitrogens with zero attached hydrogens (tertiary/aromatic N) is 2. The first-order chi connectivity index (χ1) is 11.3. The Kier molecular flexibility index (Phi) is 6.10. The van der Waals surface area contributed by atoms with Gasteiger partial charge in [0.2, 0.25) is 0 Å². The van der Waals surface area contributed by atoms with Gasteiger partial charge in [-0.25, -0.2) is 9.78 Å². The van der Waals surface area contributed by atoms with E-state index < -0.39 is 29.3 Å². The van der Waals surface area contributed by atoms with Crippen LogP contribution in [0.5, 0.6) is 0 Å². The van der Waals surface area contributed by atoms with Gasteiger partial charge in [-0.15, -0.1) is 0 Å². The fraction of sp³-hybridized carbons (Fsp3) is 0.417. The van der Waals surface area contributed by atoms with Crippen LogP contribution in [0, 0.1) is 6.92 Å². The molecule has 0 bridgehead atoms. The summed E-state index contributed by atoms with van der Waals surface area (Å²) >= 11 is 5.12. The first-order valence-electron chi connectivity index (χ1n) is 6.33. The number of carbonyl (C=O) groups excluding carboxylic acids is 1. The number of pyridine rings is 1. The lowest BCUT2D eigenvalue weighted by atomic mass is 10.2. The monoisotopic (exact) mass is 392 g/mol. The zero-order valence-corrected chi connectivity index (χ0v) is 13.3. The maximum atomic E-state index is 13.1. The lowest BCUT2D eigenvalue weighted by Crippen LogP contribution is -2.69. The van der Waals surface area contributed by atoms with Crippen molar-refractivity contribution in [3.63, 3.8) is 0 Å². The number of carbonyl (C=O) groups is 1. The predicted octanol–water partition coefficient (Wildman–Crippen LogP) is 3.92. The molecule has 0 fully saturated rings. The number of aryl methyl sites for hydroxylation is 1. The zero-order chi connectivity index (χ0) is 19.5. The molecular formula is C12H11ClF6N4O2. The number of amides is 2. The van der Waals surface area contributed by atoms with E-state index in [-0.39, 0.29) is 5.82 Å². The number of halogens is 7. The van der Waals surface area contributed by atoms with Crippen molar-refractivity contribution in [2.45, 2.75) is 31.9 Å². The van der Waals surface area contributed by atoms with Crippen LogP contribution in [0.3, 0.4) is 0 Å². The Morgan fingerprint density at radius 1 is 1.20 bits per heavy atom. The van der Waals surface area contributed by atoms with E-state index in [2.05, 4.69) is 15.0 Å². The van der Waals surface area contributed by atoms with Crippen LogP contribution in [-0.4, -0.2) is 34.3 Å². The fourth-order valence-electron chi connectivity index (χ4n) is 1.48. The van der Waals surface area contributed by atoms with Crippen LogP contribution in [0.2, 0.25) is 0 Å². The van der Waals surface area contributed by atoms with Crippen molar-refractivity contribution in [3.8, 4) is 0 Å². The van der Waals surface area contributed by atoms with E-state index in [4.69, 9.17) is 11.6 Å². The van der Waals surface area contributed by atoms with Gasteiger partial charge >= 0.3 is 24.1 Å². The molecule has 13 heteroatoms. The second kappa shape index (κ2) is 7.33. The van der Waals surface area contributed by atoms with Crippen LogP contribution in [0.1, 0.15) is 12.6 Å². The van der Waals surface area contributed by atoms with E-state index in [0.717, 1.165) is 13.0 Å². The maximum Gasteiger partial charge on any atom is 0.461 e. The number of anilines is 1. The minimum absolute atomic E-state index is 0.271. The Labute approximate surface area is 142 Å². The standard InChI is InChI=1S/C12H11ClF6N4O2/c1-6-4-3-5-8(20-6)21-9(24)22-10(11(14,15)16,12(17,18)19)25-23-7(2)13/h3-5H,1-2H3,(H2,20,21,22,24). The van der Waals surface area contributed by atoms with Gasteiger partial charge in [0.25, 0.3) is 0 Å². The molecule has 25 heavy (non-hydrogen) atoms. The third-order valence-electron chi connectivity index (χ3n) is 2.53. The van der Waals surface area contributed by atoms with Gasteiger partial charge in [-0.3, -0.25) is 10.6 Å². The molecule has 0 saturated heterocycles. The minimum atomic E-state index is -6.10. The van der Waals surface area contributed by atoms with Gasteiger partial charge in [0.1, 0.15) is 11.0 Å². The highest BCUT2D eigenvalue weighted by Crippen LogP contribution is 2.44. The Balaban J connectivity index is 3.19. The van der Waals surface area contributed by atoms with E-state index >= 15 is 0 Å². The molecule has 2 amide bonds. The van der Waals surface area contributed by atoms with Crippen LogP contribution in [0.15, 0.2) is 23.4 Å². The highest BCUT2D eigenvalue weighted by Gasteiger charge is 2.76. The highest BCUT2D eigenvalue weighted by molar-refractivity contribution is 6.64. The predicted molar refractivity (Wildman–Crippen MR) is 76.0 cm³/mol. The van der Waals surface area contributed by atoms with Gasteiger partial charge in [0.15, 0.2) is 0 Å². The lowest BCUT2D eigenvalue weighted by molar-refractivity contribution is -0.388. The molecule has 1 aromatic heterocycles. The average Bonchev–Trinajstić information content (AvgIpc) is 2.40. The molecule has 0 aliphatic rings. The number of hydrogen-bond donors (Lipinski definition) is 2. The van der Waals surface area contributed by atoms with Gasteiger partial charge in [0, 0.05) is 5.69 Å². The minimum Gasteiger partial charge on any atom is -0.346 e. The van der Waals surface area contributed by atoms with Crippen molar-refractivity contribution in [1.29, 1.82) is 0 Å². The Morgan fingerprint density at radius 3 is 2.20 bits per heavy atom. The second-order valence-corrected chi connectivity index (χ2v) is 5.15. The number of aromatic nitrogens is 1. The Bertz CT molecular complexity index is 644. The fourth-order valence-corrected chi connectivity index (χ4v) is 1.51. The largest absolute Gasteiger partial charge is 0.461 e. The van der Waals surface area contributed by atoms with E-state index in [1.165, 1.54) is 19.1 Å². The highest BCUT2D eigenvalue weighted by atomic mass is 35.5. The van der Waals surface area contributed by atoms with Crippen LogP contribution >= 0.6 is 11.6 Å². The van der Waals surface area contributed by atoms with Crippen molar-refractivity contribution in [3.05, 3.63) is 23.9 Å². The number of nitrogens with one attached hydrogen (secondary N) is 2. The smallest absolute Gasteiger partial charge is 0.346 e. The Hall–Kier alpha value is -2.24. The quantitative estimate of drug-likeness (QED) is 0.353. The van der Waals surface area contributed by atoms with Crippen molar-refractivity contribution >= 4 is 28.6 Å². The molecule has 0 aliphatic carbocycles. The van der Waals surface area contributed by atoms with Gasteiger partial charge < -0.3 is 4.84 Å². The molecule has 0 radical (unpaired) electrons. The van der Waals surface area contributed by atoms with Crippen LogP contribution in [0.4, 0.5) is 37.0 Å². The number of alkyl halides is 6. The Morgan fingerprint density at radius 2 is 1.76 bits per heavy atom. The molecule has 0 atom stereocenters. The van der Waals surface area contributed by atoms with E-state index in [1.807, 2.05) is 0 Å². The first kappa shape index (κ1) is 20.8. The number of rotatable bonds is 4. The topological polar surface area (TPSA) is 75.6 Å². The third-order valence-corrected chi connectivity index (χ3v) is 2.60. The summed E-state index contributed by atoms with van der Waals surface area (Å²) in [5, 5.41) is 4.19.